The summed E-state index contributed by atoms with van der Waals surface area (Å²) in [6, 6.07) is -2.75. The third-order valence-electron chi connectivity index (χ3n) is 19.7. The van der Waals surface area contributed by atoms with Gasteiger partial charge >= 0.3 is 25.5 Å². The molecule has 1 aliphatic heterocycles. The van der Waals surface area contributed by atoms with Gasteiger partial charge in [-0.25, -0.2) is 0 Å². The first-order valence-corrected chi connectivity index (χ1v) is 43.8. The van der Waals surface area contributed by atoms with Crippen LogP contribution >= 0.6 is 7.60 Å². The lowest BCUT2D eigenvalue weighted by Gasteiger charge is -2.46. The highest BCUT2D eigenvalue weighted by molar-refractivity contribution is 7.51. The first kappa shape index (κ1) is 95.8. The van der Waals surface area contributed by atoms with Gasteiger partial charge in [-0.2, -0.15) is 0 Å². The summed E-state index contributed by atoms with van der Waals surface area (Å²) in [7, 11) is -4.90. The van der Waals surface area contributed by atoms with Crippen molar-refractivity contribution in [3.05, 3.63) is 0 Å². The maximum absolute atomic E-state index is 14.8. The monoisotopic (exact) mass is 1460 g/mol. The van der Waals surface area contributed by atoms with Crippen molar-refractivity contribution in [2.45, 2.75) is 456 Å². The van der Waals surface area contributed by atoms with Crippen molar-refractivity contribution in [2.75, 3.05) is 26.1 Å². The fourth-order valence-electron chi connectivity index (χ4n) is 13.6. The van der Waals surface area contributed by atoms with Gasteiger partial charge in [0.15, 0.2) is 6.29 Å². The van der Waals surface area contributed by atoms with E-state index in [0.717, 1.165) is 167 Å². The molecular weight excluding hydrogens is 1300 g/mol. The molecule has 1 rings (SSSR count). The van der Waals surface area contributed by atoms with Crippen molar-refractivity contribution in [3.63, 3.8) is 0 Å². The molecule has 0 aromatic heterocycles. The number of carbonyl (C=O) groups excluding carboxylic acids is 6. The predicted octanol–water partition coefficient (Wildman–Crippen LogP) is 19.4. The Morgan fingerprint density at radius 1 is 0.376 bits per heavy atom. The standard InChI is InChI=1S/C81H154N3O16P/c1-7-13-19-25-31-34-40-43-49-55-68(97-75(89)58-52-46-37-28-22-16-10-4)63-72(86)82-61-62-95-81-79(84-74(88)65-70(57-51-45-42-36-33-27-21-15-9-3)99-77(91)60-54-48-39-30-24-18-12-6)78(80(71(66-85)100-81)96-67-101(92,93)94)83-73(87)64-69(56-50-44-41-35-32-26-20-14-8-2)98-76(90)59-53-47-38-29-23-17-11-5/h68-71,78-81,85H,7-67H2,1-6H3,(H,82,86)(H,83,87)(H,84,88)(H2,92,93,94)/t68-,69-,70-,71?,78-,79?,80-,81-/m1/s1. The van der Waals surface area contributed by atoms with Crippen molar-refractivity contribution in [1.29, 1.82) is 0 Å². The number of amides is 3. The van der Waals surface area contributed by atoms with Crippen LogP contribution in [0, 0.1) is 0 Å². The maximum Gasteiger partial charge on any atom is 0.350 e. The fourth-order valence-corrected chi connectivity index (χ4v) is 13.9. The van der Waals surface area contributed by atoms with E-state index in [9.17, 15) is 48.2 Å². The van der Waals surface area contributed by atoms with Crippen molar-refractivity contribution < 1.29 is 76.6 Å². The molecule has 19 nitrogen and oxygen atoms in total. The van der Waals surface area contributed by atoms with Gasteiger partial charge < -0.3 is 59.3 Å². The number of esters is 3. The van der Waals surface area contributed by atoms with Gasteiger partial charge in [0, 0.05) is 25.8 Å². The van der Waals surface area contributed by atoms with Crippen LogP contribution < -0.4 is 16.0 Å². The Kier molecular flexibility index (Phi) is 64.0. The summed E-state index contributed by atoms with van der Waals surface area (Å²) in [5.74, 6) is -2.68. The van der Waals surface area contributed by atoms with Gasteiger partial charge in [0.1, 0.15) is 42.9 Å². The van der Waals surface area contributed by atoms with E-state index in [1.54, 1.807) is 0 Å². The van der Waals surface area contributed by atoms with E-state index in [2.05, 4.69) is 57.5 Å². The number of unbranched alkanes of at least 4 members (excludes halogenated alkanes) is 42. The third kappa shape index (κ3) is 56.8. The van der Waals surface area contributed by atoms with Gasteiger partial charge in [0.2, 0.25) is 17.7 Å². The van der Waals surface area contributed by atoms with Crippen molar-refractivity contribution in [3.8, 4) is 0 Å². The Balaban J connectivity index is 3.73. The SMILES string of the molecule is CCCCCCCCCCC[C@H](CC(=O)NCCO[C@@H]1OC(CO)[C@@H](OCP(=O)(O)O)[C@H](NC(=O)C[C@@H](CCCCCCCCCCC)OC(=O)CCCCCCCCC)C1NC(=O)C[C@@H](CCCCCCCCCCC)OC(=O)CCCCCCCCC)OC(=O)CCCCCCCCC. The number of nitrogens with one attached hydrogen (secondary N) is 3. The number of hydrogen-bond donors (Lipinski definition) is 6. The molecule has 3 amide bonds. The Bertz CT molecular complexity index is 2050. The summed E-state index contributed by atoms with van der Waals surface area (Å²) in [6.07, 6.45) is 44.8. The predicted molar refractivity (Wildman–Crippen MR) is 407 cm³/mol. The number of aliphatic hydroxyl groups is 1. The molecule has 594 valence electrons. The smallest absolute Gasteiger partial charge is 0.350 e. The molecule has 1 heterocycles. The largest absolute Gasteiger partial charge is 0.462 e. The number of ether oxygens (including phenoxy) is 6. The molecule has 0 aromatic carbocycles. The minimum Gasteiger partial charge on any atom is -0.462 e. The van der Waals surface area contributed by atoms with Gasteiger partial charge in [0.05, 0.1) is 38.5 Å². The zero-order valence-electron chi connectivity index (χ0n) is 65.3. The number of rotatable bonds is 73. The van der Waals surface area contributed by atoms with Gasteiger partial charge in [0.25, 0.3) is 0 Å². The lowest BCUT2D eigenvalue weighted by atomic mass is 9.92. The first-order chi connectivity index (χ1) is 49.0. The van der Waals surface area contributed by atoms with E-state index in [-0.39, 0.29) is 63.6 Å². The molecule has 1 fully saturated rings. The molecule has 0 radical (unpaired) electrons. The van der Waals surface area contributed by atoms with Crippen LogP contribution in [-0.4, -0.2) is 126 Å². The number of aliphatic hydroxyl groups excluding tert-OH is 1. The highest BCUT2D eigenvalue weighted by Gasteiger charge is 2.49. The molecule has 0 saturated carbocycles. The second-order valence-corrected chi connectivity index (χ2v) is 31.1. The van der Waals surface area contributed by atoms with E-state index in [0.29, 0.717) is 44.9 Å². The molecule has 0 bridgehead atoms. The van der Waals surface area contributed by atoms with Crippen LogP contribution in [0.4, 0.5) is 0 Å². The molecule has 8 atom stereocenters. The molecular formula is C81H154N3O16P. The van der Waals surface area contributed by atoms with Crippen LogP contribution in [0.25, 0.3) is 0 Å². The molecule has 0 aliphatic carbocycles. The second kappa shape index (κ2) is 67.4. The Labute approximate surface area is 615 Å². The third-order valence-corrected chi connectivity index (χ3v) is 20.1. The average Bonchev–Trinajstić information content (AvgIpc) is 0.786. The highest BCUT2D eigenvalue weighted by atomic mass is 31.2. The fraction of sp³-hybridized carbons (Fsp3) is 0.926. The Morgan fingerprint density at radius 2 is 0.653 bits per heavy atom. The summed E-state index contributed by atoms with van der Waals surface area (Å²) >= 11 is 0. The molecule has 101 heavy (non-hydrogen) atoms. The lowest BCUT2D eigenvalue weighted by Crippen LogP contribution is -2.70. The molecule has 2 unspecified atom stereocenters. The summed E-state index contributed by atoms with van der Waals surface area (Å²) in [5, 5.41) is 19.9. The highest BCUT2D eigenvalue weighted by Crippen LogP contribution is 2.37. The molecule has 0 aromatic rings. The zero-order valence-corrected chi connectivity index (χ0v) is 66.2. The minimum absolute atomic E-state index is 0.0595. The van der Waals surface area contributed by atoms with Gasteiger partial charge in [-0.05, 0) is 57.8 Å². The van der Waals surface area contributed by atoms with E-state index in [1.807, 2.05) is 0 Å². The van der Waals surface area contributed by atoms with Crippen LogP contribution in [0.5, 0.6) is 0 Å². The number of hydrogen-bond acceptors (Lipinski definition) is 14. The Hall–Kier alpha value is -3.19. The minimum atomic E-state index is -4.90. The van der Waals surface area contributed by atoms with E-state index in [1.165, 1.54) is 116 Å². The molecule has 1 aliphatic rings. The molecule has 0 spiro atoms. The van der Waals surface area contributed by atoms with Crippen LogP contribution in [0.2, 0.25) is 0 Å². The number of carbonyl (C=O) groups is 6. The van der Waals surface area contributed by atoms with Crippen molar-refractivity contribution in [2.24, 2.45) is 0 Å². The second-order valence-electron chi connectivity index (χ2n) is 29.5. The normalized spacial score (nSPS) is 17.1. The summed E-state index contributed by atoms with van der Waals surface area (Å²) in [5.41, 5.74) is 0. The maximum atomic E-state index is 14.8. The van der Waals surface area contributed by atoms with Gasteiger partial charge in [-0.15, -0.1) is 0 Å². The van der Waals surface area contributed by atoms with Gasteiger partial charge in [-0.1, -0.05) is 311 Å². The van der Waals surface area contributed by atoms with E-state index in [4.69, 9.17) is 28.4 Å². The molecule has 20 heteroatoms. The van der Waals surface area contributed by atoms with Crippen LogP contribution in [-0.2, 0) is 61.8 Å². The summed E-state index contributed by atoms with van der Waals surface area (Å²) in [4.78, 5) is 104. The topological polar surface area (TPSA) is 272 Å². The van der Waals surface area contributed by atoms with Crippen molar-refractivity contribution >= 4 is 43.2 Å². The van der Waals surface area contributed by atoms with Crippen molar-refractivity contribution in [1.82, 2.24) is 16.0 Å². The zero-order chi connectivity index (χ0) is 74.1. The lowest BCUT2D eigenvalue weighted by molar-refractivity contribution is -0.254. The van der Waals surface area contributed by atoms with Crippen LogP contribution in [0.15, 0.2) is 0 Å². The molecule has 6 N–H and O–H groups in total. The van der Waals surface area contributed by atoms with Gasteiger partial charge in [-0.3, -0.25) is 33.3 Å². The first-order valence-electron chi connectivity index (χ1n) is 42.0. The quantitative estimate of drug-likeness (QED) is 0.0143. The summed E-state index contributed by atoms with van der Waals surface area (Å²) in [6.45, 7) is 12.1. The molecule has 1 saturated heterocycles. The average molecular weight is 1460 g/mol. The summed E-state index contributed by atoms with van der Waals surface area (Å²) < 4.78 is 49.6. The van der Waals surface area contributed by atoms with Crippen LogP contribution in [0.1, 0.15) is 408 Å². The van der Waals surface area contributed by atoms with E-state index < -0.39 is 93.2 Å². The van der Waals surface area contributed by atoms with Crippen LogP contribution in [0.3, 0.4) is 0 Å². The Morgan fingerprint density at radius 3 is 0.950 bits per heavy atom. The van der Waals surface area contributed by atoms with E-state index >= 15 is 0 Å².